The van der Waals surface area contributed by atoms with Crippen LogP contribution in [0.3, 0.4) is 0 Å². The number of hydrogen-bond acceptors (Lipinski definition) is 3. The lowest BCUT2D eigenvalue weighted by Gasteiger charge is -2.10. The van der Waals surface area contributed by atoms with Crippen LogP contribution in [0.2, 0.25) is 0 Å². The number of Topliss-reactive ketones (excluding diaryl/α,β-unsaturated/α-hetero) is 1. The van der Waals surface area contributed by atoms with Crippen molar-refractivity contribution in [3.05, 3.63) is 59.3 Å². The van der Waals surface area contributed by atoms with Gasteiger partial charge in [0.1, 0.15) is 5.75 Å². The molecule has 0 saturated heterocycles. The van der Waals surface area contributed by atoms with Gasteiger partial charge in [0, 0.05) is 34.6 Å². The summed E-state index contributed by atoms with van der Waals surface area (Å²) in [6.07, 6.45) is 5.48. The summed E-state index contributed by atoms with van der Waals surface area (Å²) in [5, 5.41) is 1.19. The standard InChI is InChI=1S/C18H15Br2NO2/c19-8-2-4-12-10-15-14(16(22)11-20)5-1-7-17(15)23-18-13(12)6-3-9-21-18/h1,3-7,9H,2,8,10-11H2/b12-4+. The number of carbonyl (C=O) groups is 1. The number of ether oxygens (including phenoxy) is 1. The molecule has 0 radical (unpaired) electrons. The van der Waals surface area contributed by atoms with Crippen molar-refractivity contribution < 1.29 is 9.53 Å². The summed E-state index contributed by atoms with van der Waals surface area (Å²) < 4.78 is 6.02. The second kappa shape index (κ2) is 7.41. The Morgan fingerprint density at radius 3 is 2.91 bits per heavy atom. The van der Waals surface area contributed by atoms with Crippen LogP contribution in [0.4, 0.5) is 0 Å². The highest BCUT2D eigenvalue weighted by Gasteiger charge is 2.23. The molecule has 1 aliphatic heterocycles. The molecular formula is C18H15Br2NO2. The van der Waals surface area contributed by atoms with Crippen molar-refractivity contribution in [1.29, 1.82) is 0 Å². The van der Waals surface area contributed by atoms with E-state index >= 15 is 0 Å². The van der Waals surface area contributed by atoms with E-state index in [-0.39, 0.29) is 5.78 Å². The number of hydrogen-bond donors (Lipinski definition) is 0. The van der Waals surface area contributed by atoms with Gasteiger partial charge in [0.15, 0.2) is 5.78 Å². The molecule has 1 aromatic carbocycles. The van der Waals surface area contributed by atoms with Gasteiger partial charge in [-0.3, -0.25) is 4.79 Å². The molecule has 0 bridgehead atoms. The van der Waals surface area contributed by atoms with E-state index in [2.05, 4.69) is 42.9 Å². The van der Waals surface area contributed by atoms with Crippen LogP contribution in [0.1, 0.15) is 27.9 Å². The van der Waals surface area contributed by atoms with Crippen LogP contribution in [0.25, 0.3) is 5.57 Å². The number of fused-ring (bicyclic) bond motifs is 2. The predicted molar refractivity (Wildman–Crippen MR) is 99.0 cm³/mol. The van der Waals surface area contributed by atoms with Gasteiger partial charge >= 0.3 is 0 Å². The summed E-state index contributed by atoms with van der Waals surface area (Å²) in [5.74, 6) is 1.36. The van der Waals surface area contributed by atoms with Crippen LogP contribution >= 0.6 is 31.9 Å². The first-order valence-corrected chi connectivity index (χ1v) is 9.58. The van der Waals surface area contributed by atoms with Gasteiger partial charge in [0.2, 0.25) is 5.88 Å². The highest BCUT2D eigenvalue weighted by molar-refractivity contribution is 9.09. The monoisotopic (exact) mass is 435 g/mol. The molecule has 0 spiro atoms. The van der Waals surface area contributed by atoms with Crippen molar-refractivity contribution in [2.45, 2.75) is 12.8 Å². The molecule has 3 nitrogen and oxygen atoms in total. The molecule has 3 rings (SSSR count). The summed E-state index contributed by atoms with van der Waals surface area (Å²) in [4.78, 5) is 16.6. The summed E-state index contributed by atoms with van der Waals surface area (Å²) in [5.41, 5.74) is 3.76. The molecule has 0 N–H and O–H groups in total. The SMILES string of the molecule is O=C(CBr)c1cccc2c1C/C(=C\CCBr)c1cccnc1O2. The summed E-state index contributed by atoms with van der Waals surface area (Å²) in [6.45, 7) is 0. The largest absolute Gasteiger partial charge is 0.438 e. The lowest BCUT2D eigenvalue weighted by Crippen LogP contribution is -2.06. The van der Waals surface area contributed by atoms with Crippen molar-refractivity contribution in [2.24, 2.45) is 0 Å². The molecule has 2 aromatic rings. The molecule has 0 fully saturated rings. The fraction of sp³-hybridized carbons (Fsp3) is 0.222. The van der Waals surface area contributed by atoms with E-state index in [1.165, 1.54) is 0 Å². The topological polar surface area (TPSA) is 39.2 Å². The smallest absolute Gasteiger partial charge is 0.226 e. The second-order valence-corrected chi connectivity index (χ2v) is 6.53. The first-order chi connectivity index (χ1) is 11.2. The Labute approximate surface area is 152 Å². The van der Waals surface area contributed by atoms with Gasteiger partial charge < -0.3 is 4.74 Å². The molecule has 0 atom stereocenters. The van der Waals surface area contributed by atoms with Gasteiger partial charge in [-0.05, 0) is 30.2 Å². The van der Waals surface area contributed by atoms with E-state index in [0.717, 1.165) is 28.5 Å². The van der Waals surface area contributed by atoms with E-state index < -0.39 is 0 Å². The lowest BCUT2D eigenvalue weighted by molar-refractivity contribution is 0.102. The number of benzene rings is 1. The Kier molecular flexibility index (Phi) is 5.28. The van der Waals surface area contributed by atoms with E-state index in [1.54, 1.807) is 6.20 Å². The number of nitrogens with zero attached hydrogens (tertiary/aromatic N) is 1. The Balaban J connectivity index is 2.15. The molecule has 118 valence electrons. The van der Waals surface area contributed by atoms with Gasteiger partial charge in [-0.1, -0.05) is 50.1 Å². The van der Waals surface area contributed by atoms with Gasteiger partial charge in [0.05, 0.1) is 5.33 Å². The van der Waals surface area contributed by atoms with Crippen LogP contribution in [0, 0.1) is 0 Å². The minimum absolute atomic E-state index is 0.0595. The number of aromatic nitrogens is 1. The van der Waals surface area contributed by atoms with Crippen LogP contribution < -0.4 is 4.74 Å². The van der Waals surface area contributed by atoms with Crippen molar-refractivity contribution in [3.63, 3.8) is 0 Å². The van der Waals surface area contributed by atoms with E-state index in [9.17, 15) is 4.79 Å². The molecule has 0 amide bonds. The van der Waals surface area contributed by atoms with Crippen molar-refractivity contribution in [2.75, 3.05) is 10.7 Å². The molecule has 0 aliphatic carbocycles. The van der Waals surface area contributed by atoms with Crippen molar-refractivity contribution >= 4 is 43.2 Å². The molecule has 1 aromatic heterocycles. The van der Waals surface area contributed by atoms with Crippen LogP contribution in [0.15, 0.2) is 42.6 Å². The average Bonchev–Trinajstić information content (AvgIpc) is 2.75. The third-order valence-electron chi connectivity index (χ3n) is 3.75. The zero-order valence-corrected chi connectivity index (χ0v) is 15.6. The molecule has 1 aliphatic rings. The van der Waals surface area contributed by atoms with Crippen LogP contribution in [-0.2, 0) is 6.42 Å². The van der Waals surface area contributed by atoms with Gasteiger partial charge in [-0.25, -0.2) is 4.98 Å². The molecule has 23 heavy (non-hydrogen) atoms. The Morgan fingerprint density at radius 1 is 1.26 bits per heavy atom. The minimum Gasteiger partial charge on any atom is -0.438 e. The molecule has 0 saturated carbocycles. The maximum Gasteiger partial charge on any atom is 0.226 e. The van der Waals surface area contributed by atoms with Gasteiger partial charge in [-0.15, -0.1) is 0 Å². The predicted octanol–water partition coefficient (Wildman–Crippen LogP) is 5.18. The highest BCUT2D eigenvalue weighted by Crippen LogP contribution is 2.39. The zero-order valence-electron chi connectivity index (χ0n) is 12.4. The normalized spacial score (nSPS) is 14.6. The fourth-order valence-electron chi connectivity index (χ4n) is 2.69. The number of allylic oxidation sites excluding steroid dienone is 2. The fourth-order valence-corrected chi connectivity index (χ4v) is 3.23. The maximum absolute atomic E-state index is 12.2. The Hall–Kier alpha value is -1.46. The third-order valence-corrected chi connectivity index (χ3v) is 4.71. The molecular weight excluding hydrogens is 422 g/mol. The number of ketones is 1. The minimum atomic E-state index is 0.0595. The van der Waals surface area contributed by atoms with Crippen LogP contribution in [0.5, 0.6) is 11.6 Å². The second-order valence-electron chi connectivity index (χ2n) is 5.18. The molecule has 0 unspecified atom stereocenters. The molecule has 5 heteroatoms. The zero-order chi connectivity index (χ0) is 16.2. The highest BCUT2D eigenvalue weighted by atomic mass is 79.9. The maximum atomic E-state index is 12.2. The molecule has 2 heterocycles. The number of pyridine rings is 1. The van der Waals surface area contributed by atoms with Gasteiger partial charge in [0.25, 0.3) is 0 Å². The quantitative estimate of drug-likeness (QED) is 0.489. The summed E-state index contributed by atoms with van der Waals surface area (Å²) in [7, 11) is 0. The Morgan fingerprint density at radius 2 is 2.13 bits per heavy atom. The van der Waals surface area contributed by atoms with E-state index in [1.807, 2.05) is 30.3 Å². The van der Waals surface area contributed by atoms with Crippen molar-refractivity contribution in [3.8, 4) is 11.6 Å². The van der Waals surface area contributed by atoms with E-state index in [4.69, 9.17) is 4.74 Å². The van der Waals surface area contributed by atoms with Gasteiger partial charge in [-0.2, -0.15) is 0 Å². The summed E-state index contributed by atoms with van der Waals surface area (Å²) in [6, 6.07) is 9.53. The number of halogens is 2. The lowest BCUT2D eigenvalue weighted by atomic mass is 9.94. The van der Waals surface area contributed by atoms with Crippen molar-refractivity contribution in [1.82, 2.24) is 4.98 Å². The first-order valence-electron chi connectivity index (χ1n) is 7.34. The summed E-state index contributed by atoms with van der Waals surface area (Å²) >= 11 is 6.73. The number of alkyl halides is 2. The van der Waals surface area contributed by atoms with Crippen LogP contribution in [-0.4, -0.2) is 21.4 Å². The number of rotatable bonds is 4. The third kappa shape index (κ3) is 3.40. The van der Waals surface area contributed by atoms with E-state index in [0.29, 0.717) is 28.9 Å². The Bertz CT molecular complexity index is 771. The first kappa shape index (κ1) is 16.4. The number of carbonyl (C=O) groups excluding carboxylic acids is 1. The average molecular weight is 437 g/mol.